The molecule has 1 aliphatic rings. The van der Waals surface area contributed by atoms with Crippen molar-refractivity contribution < 1.29 is 0 Å². The van der Waals surface area contributed by atoms with E-state index in [-0.39, 0.29) is 0 Å². The van der Waals surface area contributed by atoms with Gasteiger partial charge in [0.1, 0.15) is 12.7 Å². The molecule has 0 radical (unpaired) electrons. The molecule has 0 unspecified atom stereocenters. The zero-order valence-corrected chi connectivity index (χ0v) is 13.8. The van der Waals surface area contributed by atoms with Gasteiger partial charge in [-0.25, -0.2) is 4.98 Å². The fourth-order valence-corrected chi connectivity index (χ4v) is 3.99. The van der Waals surface area contributed by atoms with Gasteiger partial charge >= 0.3 is 0 Å². The predicted molar refractivity (Wildman–Crippen MR) is 93.9 cm³/mol. The summed E-state index contributed by atoms with van der Waals surface area (Å²) in [5, 5.41) is 16.2. The van der Waals surface area contributed by atoms with Gasteiger partial charge in [-0.2, -0.15) is 21.5 Å². The summed E-state index contributed by atoms with van der Waals surface area (Å²) in [5.74, 6) is 0. The fourth-order valence-electron chi connectivity index (χ4n) is 3.35. The molecule has 0 atom stereocenters. The highest BCUT2D eigenvalue weighted by atomic mass is 32.1. The fraction of sp³-hybridized carbons (Fsp3) is 0.167. The quantitative estimate of drug-likeness (QED) is 0.547. The first-order valence-electron chi connectivity index (χ1n) is 7.93. The van der Waals surface area contributed by atoms with Crippen LogP contribution in [-0.4, -0.2) is 25.0 Å². The number of hydrogen-bond donors (Lipinski definition) is 1. The Hall–Kier alpha value is -2.73. The van der Waals surface area contributed by atoms with E-state index in [1.165, 1.54) is 33.5 Å². The van der Waals surface area contributed by atoms with E-state index in [9.17, 15) is 0 Å². The van der Waals surface area contributed by atoms with Crippen LogP contribution < -0.4 is 0 Å². The maximum absolute atomic E-state index is 4.55. The lowest BCUT2D eigenvalue weighted by Gasteiger charge is -2.05. The first kappa shape index (κ1) is 13.7. The van der Waals surface area contributed by atoms with Crippen LogP contribution in [0.15, 0.2) is 47.7 Å². The van der Waals surface area contributed by atoms with Crippen LogP contribution in [0, 0.1) is 0 Å². The molecule has 1 aromatic carbocycles. The summed E-state index contributed by atoms with van der Waals surface area (Å²) in [4.78, 5) is 3.99. The molecule has 0 spiro atoms. The molecule has 4 aromatic rings. The Bertz CT molecular complexity index is 983. The lowest BCUT2D eigenvalue weighted by molar-refractivity contribution is 0.613. The topological polar surface area (TPSA) is 59.4 Å². The molecule has 3 aromatic heterocycles. The van der Waals surface area contributed by atoms with Gasteiger partial charge in [-0.05, 0) is 35.1 Å². The van der Waals surface area contributed by atoms with Crippen molar-refractivity contribution in [1.82, 2.24) is 25.0 Å². The van der Waals surface area contributed by atoms with Crippen LogP contribution in [0.25, 0.3) is 22.5 Å². The first-order valence-corrected chi connectivity index (χ1v) is 8.87. The normalized spacial score (nSPS) is 12.3. The minimum Gasteiger partial charge on any atom is -0.277 e. The van der Waals surface area contributed by atoms with E-state index in [4.69, 9.17) is 0 Å². The highest BCUT2D eigenvalue weighted by Gasteiger charge is 2.25. The number of nitrogens with zero attached hydrogens (tertiary/aromatic N) is 4. The highest BCUT2D eigenvalue weighted by Crippen LogP contribution is 2.40. The Morgan fingerprint density at radius 3 is 3.08 bits per heavy atom. The Morgan fingerprint density at radius 2 is 2.25 bits per heavy atom. The van der Waals surface area contributed by atoms with Gasteiger partial charge in [-0.1, -0.05) is 12.1 Å². The van der Waals surface area contributed by atoms with E-state index in [1.54, 1.807) is 24.0 Å². The summed E-state index contributed by atoms with van der Waals surface area (Å²) >= 11 is 1.71. The van der Waals surface area contributed by atoms with Gasteiger partial charge in [-0.15, -0.1) is 0 Å². The van der Waals surface area contributed by atoms with Gasteiger partial charge in [0.25, 0.3) is 0 Å². The number of hydrogen-bond acceptors (Lipinski definition) is 4. The first-order chi connectivity index (χ1) is 11.9. The van der Waals surface area contributed by atoms with E-state index in [0.29, 0.717) is 0 Å². The van der Waals surface area contributed by atoms with Crippen molar-refractivity contribution >= 4 is 11.3 Å². The van der Waals surface area contributed by atoms with Gasteiger partial charge in [0, 0.05) is 35.0 Å². The van der Waals surface area contributed by atoms with Crippen molar-refractivity contribution in [3.05, 3.63) is 64.4 Å². The average Bonchev–Trinajstić information content (AvgIpc) is 3.35. The summed E-state index contributed by atoms with van der Waals surface area (Å²) in [6.45, 7) is 0.842. The molecule has 3 heterocycles. The van der Waals surface area contributed by atoms with Crippen molar-refractivity contribution in [2.75, 3.05) is 0 Å². The van der Waals surface area contributed by atoms with Gasteiger partial charge in [0.2, 0.25) is 0 Å². The number of aryl methyl sites for hydroxylation is 2. The molecule has 0 saturated carbocycles. The molecule has 0 saturated heterocycles. The third-order valence-electron chi connectivity index (χ3n) is 4.57. The van der Waals surface area contributed by atoms with Crippen molar-refractivity contribution in [3.63, 3.8) is 0 Å². The summed E-state index contributed by atoms with van der Waals surface area (Å²) < 4.78 is 1.86. The number of aromatic nitrogens is 5. The molecule has 118 valence electrons. The molecule has 0 bridgehead atoms. The van der Waals surface area contributed by atoms with E-state index in [0.717, 1.165) is 25.1 Å². The van der Waals surface area contributed by atoms with Gasteiger partial charge in [-0.3, -0.25) is 9.78 Å². The van der Waals surface area contributed by atoms with Crippen LogP contribution in [0.4, 0.5) is 0 Å². The van der Waals surface area contributed by atoms with Crippen molar-refractivity contribution in [1.29, 1.82) is 0 Å². The summed E-state index contributed by atoms with van der Waals surface area (Å²) in [7, 11) is 0. The predicted octanol–water partition coefficient (Wildman–Crippen LogP) is 3.54. The van der Waals surface area contributed by atoms with Gasteiger partial charge in [0.05, 0.1) is 11.4 Å². The lowest BCUT2D eigenvalue weighted by Crippen LogP contribution is -2.01. The van der Waals surface area contributed by atoms with Crippen LogP contribution in [-0.2, 0) is 19.4 Å². The number of nitrogens with one attached hydrogen (secondary N) is 1. The zero-order valence-electron chi connectivity index (χ0n) is 12.9. The zero-order chi connectivity index (χ0) is 15.9. The number of thiophene rings is 1. The lowest BCUT2D eigenvalue weighted by atomic mass is 10.0. The summed E-state index contributed by atoms with van der Waals surface area (Å²) in [5.41, 5.74) is 8.76. The second-order valence-corrected chi connectivity index (χ2v) is 6.79. The summed E-state index contributed by atoms with van der Waals surface area (Å²) in [6.07, 6.45) is 5.23. The monoisotopic (exact) mass is 333 g/mol. The summed E-state index contributed by atoms with van der Waals surface area (Å²) in [6, 6.07) is 8.89. The second-order valence-electron chi connectivity index (χ2n) is 6.01. The number of aromatic amines is 1. The maximum atomic E-state index is 4.55. The van der Waals surface area contributed by atoms with Crippen LogP contribution in [0.3, 0.4) is 0 Å². The third kappa shape index (κ3) is 2.18. The molecule has 5 nitrogen and oxygen atoms in total. The second kappa shape index (κ2) is 5.42. The molecule has 1 N–H and O–H groups in total. The largest absolute Gasteiger partial charge is 0.277 e. The molecule has 0 amide bonds. The standard InChI is InChI=1S/C18H15N5S/c1-2-13-8-16-17(14-4-6-24-9-14)21-22-18(16)15(13)7-12(1)3-5-23-11-19-10-20-23/h1-2,4,6-7,9-11H,3,5,8H2,(H,21,22). The van der Waals surface area contributed by atoms with E-state index >= 15 is 0 Å². The van der Waals surface area contributed by atoms with E-state index in [1.807, 2.05) is 4.68 Å². The van der Waals surface area contributed by atoms with Gasteiger partial charge in [0.15, 0.2) is 0 Å². The Balaban J connectivity index is 1.46. The Labute approximate surface area is 143 Å². The van der Waals surface area contributed by atoms with E-state index < -0.39 is 0 Å². The molecule has 0 aliphatic heterocycles. The maximum Gasteiger partial charge on any atom is 0.137 e. The number of rotatable bonds is 4. The SMILES string of the molecule is c1ncn(CCc2ccc3c(c2)-c2[nH]nc(-c4ccsc4)c2C3)n1. The number of H-pyrrole nitrogens is 1. The van der Waals surface area contributed by atoms with Crippen molar-refractivity contribution in [2.45, 2.75) is 19.4 Å². The smallest absolute Gasteiger partial charge is 0.137 e. The third-order valence-corrected chi connectivity index (χ3v) is 5.25. The van der Waals surface area contributed by atoms with Crippen LogP contribution in [0.1, 0.15) is 16.7 Å². The minimum atomic E-state index is 0.842. The minimum absolute atomic E-state index is 0.842. The number of fused-ring (bicyclic) bond motifs is 3. The number of benzene rings is 1. The molecular formula is C18H15N5S. The van der Waals surface area contributed by atoms with Crippen LogP contribution in [0.2, 0.25) is 0 Å². The van der Waals surface area contributed by atoms with Crippen LogP contribution >= 0.6 is 11.3 Å². The molecule has 0 fully saturated rings. The van der Waals surface area contributed by atoms with E-state index in [2.05, 4.69) is 55.3 Å². The van der Waals surface area contributed by atoms with Crippen LogP contribution in [0.5, 0.6) is 0 Å². The van der Waals surface area contributed by atoms with Crippen molar-refractivity contribution in [3.8, 4) is 22.5 Å². The molecular weight excluding hydrogens is 318 g/mol. The molecule has 6 heteroatoms. The Kier molecular flexibility index (Phi) is 3.09. The van der Waals surface area contributed by atoms with Crippen molar-refractivity contribution in [2.24, 2.45) is 0 Å². The molecule has 24 heavy (non-hydrogen) atoms. The molecule has 1 aliphatic carbocycles. The average molecular weight is 333 g/mol. The molecule has 5 rings (SSSR count). The Morgan fingerprint density at radius 1 is 1.25 bits per heavy atom. The highest BCUT2D eigenvalue weighted by molar-refractivity contribution is 7.08. The van der Waals surface area contributed by atoms with Gasteiger partial charge < -0.3 is 0 Å².